The van der Waals surface area contributed by atoms with Gasteiger partial charge in [-0.2, -0.15) is 0 Å². The lowest BCUT2D eigenvalue weighted by molar-refractivity contribution is -0.138. The second kappa shape index (κ2) is 5.21. The second-order valence-corrected chi connectivity index (χ2v) is 3.49. The number of carboxylic acid groups (broad SMARTS) is 1. The van der Waals surface area contributed by atoms with Gasteiger partial charge in [0.25, 0.3) is 0 Å². The molecular formula is C13H14O2. The SMILES string of the molecule is C#CCCC(C(=O)O)c1ccccc1C. The molecule has 0 aliphatic heterocycles. The van der Waals surface area contributed by atoms with Crippen LogP contribution in [-0.2, 0) is 4.79 Å². The van der Waals surface area contributed by atoms with Crippen molar-refractivity contribution in [1.29, 1.82) is 0 Å². The predicted molar refractivity (Wildman–Crippen MR) is 59.6 cm³/mol. The Hall–Kier alpha value is -1.75. The van der Waals surface area contributed by atoms with Crippen LogP contribution in [-0.4, -0.2) is 11.1 Å². The third kappa shape index (κ3) is 2.85. The third-order valence-corrected chi connectivity index (χ3v) is 2.44. The molecule has 0 aliphatic carbocycles. The first kappa shape index (κ1) is 11.3. The standard InChI is InChI=1S/C13H14O2/c1-3-4-8-12(13(14)15)11-9-6-5-7-10(11)2/h1,5-7,9,12H,4,8H2,2H3,(H,14,15). The number of hydrogen-bond donors (Lipinski definition) is 1. The van der Waals surface area contributed by atoms with Crippen molar-refractivity contribution in [2.24, 2.45) is 0 Å². The summed E-state index contributed by atoms with van der Waals surface area (Å²) in [5.74, 6) is 1.19. The van der Waals surface area contributed by atoms with Gasteiger partial charge in [0.1, 0.15) is 0 Å². The Morgan fingerprint density at radius 2 is 2.20 bits per heavy atom. The highest BCUT2D eigenvalue weighted by molar-refractivity contribution is 5.76. The molecular weight excluding hydrogens is 188 g/mol. The number of terminal acetylenes is 1. The van der Waals surface area contributed by atoms with Gasteiger partial charge >= 0.3 is 5.97 Å². The summed E-state index contributed by atoms with van der Waals surface area (Å²) in [6.45, 7) is 1.92. The molecule has 1 unspecified atom stereocenters. The lowest BCUT2D eigenvalue weighted by Crippen LogP contribution is -2.12. The first-order valence-corrected chi connectivity index (χ1v) is 4.88. The molecule has 1 N–H and O–H groups in total. The van der Waals surface area contributed by atoms with E-state index in [4.69, 9.17) is 11.5 Å². The van der Waals surface area contributed by atoms with Gasteiger partial charge < -0.3 is 5.11 Å². The highest BCUT2D eigenvalue weighted by Gasteiger charge is 2.20. The Bertz CT molecular complexity index is 388. The minimum Gasteiger partial charge on any atom is -0.481 e. The zero-order valence-corrected chi connectivity index (χ0v) is 8.73. The van der Waals surface area contributed by atoms with Crippen molar-refractivity contribution in [3.8, 4) is 12.3 Å². The molecule has 0 fully saturated rings. The molecule has 1 aromatic rings. The number of rotatable bonds is 4. The highest BCUT2D eigenvalue weighted by Crippen LogP contribution is 2.24. The molecule has 15 heavy (non-hydrogen) atoms. The maximum Gasteiger partial charge on any atom is 0.311 e. The molecule has 2 nitrogen and oxygen atoms in total. The van der Waals surface area contributed by atoms with E-state index in [0.29, 0.717) is 12.8 Å². The molecule has 2 heteroatoms. The molecule has 0 aliphatic rings. The molecule has 0 saturated carbocycles. The van der Waals surface area contributed by atoms with Gasteiger partial charge in [0.2, 0.25) is 0 Å². The molecule has 0 heterocycles. The number of carboxylic acids is 1. The van der Waals surface area contributed by atoms with Crippen LogP contribution < -0.4 is 0 Å². The van der Waals surface area contributed by atoms with Gasteiger partial charge in [-0.25, -0.2) is 0 Å². The highest BCUT2D eigenvalue weighted by atomic mass is 16.4. The van der Waals surface area contributed by atoms with Crippen LogP contribution in [0.2, 0.25) is 0 Å². The number of benzene rings is 1. The van der Waals surface area contributed by atoms with Gasteiger partial charge in [0.15, 0.2) is 0 Å². The Morgan fingerprint density at radius 1 is 1.53 bits per heavy atom. The van der Waals surface area contributed by atoms with Crippen molar-refractivity contribution in [3.05, 3.63) is 35.4 Å². The number of carbonyl (C=O) groups is 1. The maximum atomic E-state index is 11.1. The van der Waals surface area contributed by atoms with Crippen LogP contribution in [0.1, 0.15) is 29.9 Å². The third-order valence-electron chi connectivity index (χ3n) is 2.44. The van der Waals surface area contributed by atoms with Crippen LogP contribution in [0.3, 0.4) is 0 Å². The van der Waals surface area contributed by atoms with E-state index in [0.717, 1.165) is 11.1 Å². The zero-order valence-electron chi connectivity index (χ0n) is 8.73. The molecule has 78 valence electrons. The van der Waals surface area contributed by atoms with Crippen molar-refractivity contribution >= 4 is 5.97 Å². The van der Waals surface area contributed by atoms with E-state index in [2.05, 4.69) is 5.92 Å². The van der Waals surface area contributed by atoms with Crippen LogP contribution in [0.15, 0.2) is 24.3 Å². The Labute approximate surface area is 89.9 Å². The van der Waals surface area contributed by atoms with E-state index in [-0.39, 0.29) is 0 Å². The minimum absolute atomic E-state index is 0.484. The molecule has 0 aromatic heterocycles. The van der Waals surface area contributed by atoms with E-state index >= 15 is 0 Å². The monoisotopic (exact) mass is 202 g/mol. The van der Waals surface area contributed by atoms with Gasteiger partial charge in [-0.1, -0.05) is 24.3 Å². The summed E-state index contributed by atoms with van der Waals surface area (Å²) >= 11 is 0. The molecule has 1 atom stereocenters. The molecule has 0 spiro atoms. The molecule has 0 saturated heterocycles. The van der Waals surface area contributed by atoms with Crippen molar-refractivity contribution in [2.75, 3.05) is 0 Å². The van der Waals surface area contributed by atoms with E-state index in [1.54, 1.807) is 0 Å². The van der Waals surface area contributed by atoms with E-state index in [1.807, 2.05) is 31.2 Å². The molecule has 0 radical (unpaired) electrons. The van der Waals surface area contributed by atoms with Crippen LogP contribution in [0.5, 0.6) is 0 Å². The number of aliphatic carboxylic acids is 1. The number of aryl methyl sites for hydroxylation is 1. The van der Waals surface area contributed by atoms with Gasteiger partial charge in [-0.15, -0.1) is 12.3 Å². The van der Waals surface area contributed by atoms with Crippen molar-refractivity contribution in [1.82, 2.24) is 0 Å². The average molecular weight is 202 g/mol. The predicted octanol–water partition coefficient (Wildman–Crippen LogP) is 2.58. The van der Waals surface area contributed by atoms with Crippen LogP contribution in [0.25, 0.3) is 0 Å². The van der Waals surface area contributed by atoms with Crippen LogP contribution in [0.4, 0.5) is 0 Å². The van der Waals surface area contributed by atoms with Gasteiger partial charge in [0.05, 0.1) is 5.92 Å². The zero-order chi connectivity index (χ0) is 11.3. The van der Waals surface area contributed by atoms with Crippen LogP contribution in [0, 0.1) is 19.3 Å². The van der Waals surface area contributed by atoms with E-state index < -0.39 is 11.9 Å². The Kier molecular flexibility index (Phi) is 3.93. The summed E-state index contributed by atoms with van der Waals surface area (Å²) in [7, 11) is 0. The summed E-state index contributed by atoms with van der Waals surface area (Å²) in [6, 6.07) is 7.53. The summed E-state index contributed by atoms with van der Waals surface area (Å²) < 4.78 is 0. The smallest absolute Gasteiger partial charge is 0.311 e. The van der Waals surface area contributed by atoms with Crippen molar-refractivity contribution < 1.29 is 9.90 Å². The lowest BCUT2D eigenvalue weighted by Gasteiger charge is -2.13. The normalized spacial score (nSPS) is 11.7. The largest absolute Gasteiger partial charge is 0.481 e. The van der Waals surface area contributed by atoms with Crippen molar-refractivity contribution in [2.45, 2.75) is 25.7 Å². The summed E-state index contributed by atoms with van der Waals surface area (Å²) in [5, 5.41) is 9.11. The summed E-state index contributed by atoms with van der Waals surface area (Å²) in [6.07, 6.45) is 6.14. The molecule has 0 amide bonds. The number of hydrogen-bond acceptors (Lipinski definition) is 1. The Morgan fingerprint density at radius 3 is 2.73 bits per heavy atom. The average Bonchev–Trinajstić information content (AvgIpc) is 2.20. The fourth-order valence-corrected chi connectivity index (χ4v) is 1.62. The Balaban J connectivity index is 2.95. The van der Waals surface area contributed by atoms with Crippen LogP contribution >= 0.6 is 0 Å². The van der Waals surface area contributed by atoms with Gasteiger partial charge in [0, 0.05) is 6.42 Å². The van der Waals surface area contributed by atoms with E-state index in [1.165, 1.54) is 0 Å². The molecule has 1 rings (SSSR count). The van der Waals surface area contributed by atoms with E-state index in [9.17, 15) is 4.79 Å². The lowest BCUT2D eigenvalue weighted by atomic mass is 9.91. The fraction of sp³-hybridized carbons (Fsp3) is 0.308. The fourth-order valence-electron chi connectivity index (χ4n) is 1.62. The second-order valence-electron chi connectivity index (χ2n) is 3.49. The topological polar surface area (TPSA) is 37.3 Å². The molecule has 1 aromatic carbocycles. The van der Waals surface area contributed by atoms with Gasteiger partial charge in [-0.3, -0.25) is 4.79 Å². The first-order valence-electron chi connectivity index (χ1n) is 4.88. The quantitative estimate of drug-likeness (QED) is 0.762. The van der Waals surface area contributed by atoms with Gasteiger partial charge in [-0.05, 0) is 24.5 Å². The maximum absolute atomic E-state index is 11.1. The minimum atomic E-state index is -0.806. The van der Waals surface area contributed by atoms with Crippen molar-refractivity contribution in [3.63, 3.8) is 0 Å². The first-order chi connectivity index (χ1) is 7.16. The molecule has 0 bridgehead atoms. The summed E-state index contributed by atoms with van der Waals surface area (Å²) in [5.41, 5.74) is 1.86. The summed E-state index contributed by atoms with van der Waals surface area (Å²) in [4.78, 5) is 11.1.